The Bertz CT molecular complexity index is 335. The quantitative estimate of drug-likeness (QED) is 0.737. The summed E-state index contributed by atoms with van der Waals surface area (Å²) in [6.45, 7) is 7.81. The van der Waals surface area contributed by atoms with Crippen LogP contribution in [0.4, 0.5) is 0 Å². The Labute approximate surface area is 103 Å². The summed E-state index contributed by atoms with van der Waals surface area (Å²) < 4.78 is 2.00. The van der Waals surface area contributed by atoms with Gasteiger partial charge in [-0.3, -0.25) is 4.90 Å². The lowest BCUT2D eigenvalue weighted by molar-refractivity contribution is 0.303. The minimum absolute atomic E-state index is 0.801. The Morgan fingerprint density at radius 2 is 2.41 bits per heavy atom. The summed E-state index contributed by atoms with van der Waals surface area (Å²) in [7, 11) is 2.01. The molecule has 0 saturated carbocycles. The third kappa shape index (κ3) is 3.51. The fraction of sp³-hybridized carbons (Fsp3) is 0.833. The summed E-state index contributed by atoms with van der Waals surface area (Å²) in [4.78, 5) is 2.47. The Kier molecular flexibility index (Phi) is 4.50. The highest BCUT2D eigenvalue weighted by molar-refractivity contribution is 4.87. The maximum absolute atomic E-state index is 4.14. The molecule has 2 heterocycles. The predicted octanol–water partition coefficient (Wildman–Crippen LogP) is 0.637. The molecule has 0 amide bonds. The molecule has 96 valence electrons. The predicted molar refractivity (Wildman–Crippen MR) is 67.5 cm³/mol. The molecule has 1 aromatic heterocycles. The van der Waals surface area contributed by atoms with Crippen molar-refractivity contribution in [3.63, 3.8) is 0 Å². The van der Waals surface area contributed by atoms with E-state index < -0.39 is 0 Å². The Morgan fingerprint density at radius 3 is 3.12 bits per heavy atom. The van der Waals surface area contributed by atoms with Gasteiger partial charge in [0.15, 0.2) is 0 Å². The molecule has 0 bridgehead atoms. The second-order valence-electron chi connectivity index (χ2n) is 4.95. The van der Waals surface area contributed by atoms with Crippen molar-refractivity contribution in [3.05, 3.63) is 12.2 Å². The third-order valence-corrected chi connectivity index (χ3v) is 3.40. The first-order valence-electron chi connectivity index (χ1n) is 6.55. The number of likely N-dealkylation sites (tertiary alicyclic amines) is 1. The van der Waals surface area contributed by atoms with E-state index in [2.05, 4.69) is 27.3 Å². The second kappa shape index (κ2) is 6.12. The molecule has 1 fully saturated rings. The van der Waals surface area contributed by atoms with Crippen LogP contribution < -0.4 is 5.32 Å². The highest BCUT2D eigenvalue weighted by Gasteiger charge is 2.22. The zero-order valence-corrected chi connectivity index (χ0v) is 10.9. The van der Waals surface area contributed by atoms with Gasteiger partial charge in [0.05, 0.1) is 6.54 Å². The second-order valence-corrected chi connectivity index (χ2v) is 4.95. The van der Waals surface area contributed by atoms with Gasteiger partial charge in [0.2, 0.25) is 0 Å². The van der Waals surface area contributed by atoms with Crippen molar-refractivity contribution in [2.45, 2.75) is 26.3 Å². The average molecular weight is 237 g/mol. The number of hydrogen-bond donors (Lipinski definition) is 1. The Balaban J connectivity index is 1.73. The molecule has 5 nitrogen and oxygen atoms in total. The van der Waals surface area contributed by atoms with E-state index in [1.54, 1.807) is 6.33 Å². The topological polar surface area (TPSA) is 46.0 Å². The third-order valence-electron chi connectivity index (χ3n) is 3.40. The lowest BCUT2D eigenvalue weighted by Crippen LogP contribution is -2.27. The van der Waals surface area contributed by atoms with E-state index in [1.165, 1.54) is 25.9 Å². The fourth-order valence-corrected chi connectivity index (χ4v) is 2.36. The zero-order valence-electron chi connectivity index (χ0n) is 10.9. The molecule has 0 radical (unpaired) electrons. The van der Waals surface area contributed by atoms with Gasteiger partial charge in [-0.2, -0.15) is 0 Å². The van der Waals surface area contributed by atoms with Crippen LogP contribution in [0.15, 0.2) is 6.33 Å². The van der Waals surface area contributed by atoms with Crippen LogP contribution in [-0.4, -0.2) is 45.8 Å². The van der Waals surface area contributed by atoms with Crippen LogP contribution in [0.5, 0.6) is 0 Å². The standard InChI is InChI=1S/C12H23N5/c1-3-5-13-7-11-4-6-17(8-11)9-12-15-14-10-16(12)2/h10-11,13H,3-9H2,1-2H3. The molecule has 0 aromatic carbocycles. The van der Waals surface area contributed by atoms with Crippen LogP contribution in [0.3, 0.4) is 0 Å². The van der Waals surface area contributed by atoms with Gasteiger partial charge in [0.1, 0.15) is 12.2 Å². The summed E-state index contributed by atoms with van der Waals surface area (Å²) >= 11 is 0. The van der Waals surface area contributed by atoms with Crippen molar-refractivity contribution < 1.29 is 0 Å². The lowest BCUT2D eigenvalue weighted by Gasteiger charge is -2.15. The summed E-state index contributed by atoms with van der Waals surface area (Å²) in [6.07, 6.45) is 4.29. The summed E-state index contributed by atoms with van der Waals surface area (Å²) in [5.74, 6) is 1.86. The van der Waals surface area contributed by atoms with Crippen LogP contribution >= 0.6 is 0 Å². The number of aryl methyl sites for hydroxylation is 1. The lowest BCUT2D eigenvalue weighted by atomic mass is 10.1. The van der Waals surface area contributed by atoms with Crippen LogP contribution in [0.25, 0.3) is 0 Å². The maximum atomic E-state index is 4.14. The first kappa shape index (κ1) is 12.5. The number of nitrogens with one attached hydrogen (secondary N) is 1. The van der Waals surface area contributed by atoms with E-state index in [1.807, 2.05) is 11.6 Å². The molecule has 1 aromatic rings. The van der Waals surface area contributed by atoms with Crippen molar-refractivity contribution >= 4 is 0 Å². The van der Waals surface area contributed by atoms with Gasteiger partial charge in [0, 0.05) is 13.6 Å². The van der Waals surface area contributed by atoms with Gasteiger partial charge in [-0.1, -0.05) is 6.92 Å². The van der Waals surface area contributed by atoms with Crippen LogP contribution in [-0.2, 0) is 13.6 Å². The van der Waals surface area contributed by atoms with E-state index in [0.717, 1.165) is 31.4 Å². The van der Waals surface area contributed by atoms with Gasteiger partial charge in [-0.25, -0.2) is 0 Å². The summed E-state index contributed by atoms with van der Waals surface area (Å²) in [6, 6.07) is 0. The molecule has 17 heavy (non-hydrogen) atoms. The van der Waals surface area contributed by atoms with E-state index in [-0.39, 0.29) is 0 Å². The van der Waals surface area contributed by atoms with Crippen molar-refractivity contribution in [1.29, 1.82) is 0 Å². The van der Waals surface area contributed by atoms with Crippen molar-refractivity contribution in [2.75, 3.05) is 26.2 Å². The molecule has 1 aliphatic rings. The van der Waals surface area contributed by atoms with Gasteiger partial charge >= 0.3 is 0 Å². The molecular weight excluding hydrogens is 214 g/mol. The monoisotopic (exact) mass is 237 g/mol. The molecule has 0 spiro atoms. The van der Waals surface area contributed by atoms with E-state index in [0.29, 0.717) is 0 Å². The average Bonchev–Trinajstić information content (AvgIpc) is 2.91. The maximum Gasteiger partial charge on any atom is 0.146 e. The minimum atomic E-state index is 0.801. The van der Waals surface area contributed by atoms with Crippen molar-refractivity contribution in [3.8, 4) is 0 Å². The summed E-state index contributed by atoms with van der Waals surface area (Å²) in [5.41, 5.74) is 0. The highest BCUT2D eigenvalue weighted by Crippen LogP contribution is 2.17. The van der Waals surface area contributed by atoms with Gasteiger partial charge in [-0.05, 0) is 38.4 Å². The number of aromatic nitrogens is 3. The molecule has 1 atom stereocenters. The first-order chi connectivity index (χ1) is 8.29. The fourth-order valence-electron chi connectivity index (χ4n) is 2.36. The van der Waals surface area contributed by atoms with Crippen LogP contribution in [0.2, 0.25) is 0 Å². The Hall–Kier alpha value is -0.940. The van der Waals surface area contributed by atoms with E-state index >= 15 is 0 Å². The smallest absolute Gasteiger partial charge is 0.146 e. The van der Waals surface area contributed by atoms with Crippen LogP contribution in [0, 0.1) is 5.92 Å². The normalized spacial score (nSPS) is 21.2. The summed E-state index contributed by atoms with van der Waals surface area (Å²) in [5, 5.41) is 11.6. The number of nitrogens with zero attached hydrogens (tertiary/aromatic N) is 4. The number of rotatable bonds is 6. The largest absolute Gasteiger partial charge is 0.320 e. The van der Waals surface area contributed by atoms with Gasteiger partial charge < -0.3 is 9.88 Å². The molecule has 1 aliphatic heterocycles. The molecule has 1 saturated heterocycles. The molecule has 0 aliphatic carbocycles. The van der Waals surface area contributed by atoms with Crippen LogP contribution in [0.1, 0.15) is 25.6 Å². The molecule has 1 unspecified atom stereocenters. The molecule has 2 rings (SSSR count). The zero-order chi connectivity index (χ0) is 12.1. The number of hydrogen-bond acceptors (Lipinski definition) is 4. The minimum Gasteiger partial charge on any atom is -0.320 e. The van der Waals surface area contributed by atoms with E-state index in [9.17, 15) is 0 Å². The highest BCUT2D eigenvalue weighted by atomic mass is 15.3. The van der Waals surface area contributed by atoms with Crippen molar-refractivity contribution in [1.82, 2.24) is 25.0 Å². The van der Waals surface area contributed by atoms with Crippen molar-refractivity contribution in [2.24, 2.45) is 13.0 Å². The Morgan fingerprint density at radius 1 is 1.53 bits per heavy atom. The molecule has 1 N–H and O–H groups in total. The SMILES string of the molecule is CCCNCC1CCN(Cc2nncn2C)C1. The molecular formula is C12H23N5. The van der Waals surface area contributed by atoms with Gasteiger partial charge in [-0.15, -0.1) is 10.2 Å². The first-order valence-corrected chi connectivity index (χ1v) is 6.55. The van der Waals surface area contributed by atoms with E-state index in [4.69, 9.17) is 0 Å². The van der Waals surface area contributed by atoms with Gasteiger partial charge in [0.25, 0.3) is 0 Å². The molecule has 5 heteroatoms.